The molecule has 0 spiro atoms. The van der Waals surface area contributed by atoms with Gasteiger partial charge in [0.2, 0.25) is 0 Å². The number of carboxylic acids is 1. The van der Waals surface area contributed by atoms with Crippen molar-refractivity contribution in [2.75, 3.05) is 31.6 Å². The topological polar surface area (TPSA) is 78.4 Å². The summed E-state index contributed by atoms with van der Waals surface area (Å²) in [5.41, 5.74) is -0.0115. The number of anilines is 1. The van der Waals surface area contributed by atoms with Gasteiger partial charge in [-0.15, -0.1) is 0 Å². The SMILES string of the molecule is CNCC1CCCN(c2cnc(C(=O)O)cn2)C1. The molecule has 0 saturated carbocycles. The summed E-state index contributed by atoms with van der Waals surface area (Å²) in [6.45, 7) is 2.90. The van der Waals surface area contributed by atoms with Crippen LogP contribution in [-0.4, -0.2) is 47.7 Å². The fraction of sp³-hybridized carbons (Fsp3) is 0.583. The molecule has 98 valence electrons. The minimum Gasteiger partial charge on any atom is -0.476 e. The van der Waals surface area contributed by atoms with Crippen LogP contribution in [0.5, 0.6) is 0 Å². The van der Waals surface area contributed by atoms with E-state index >= 15 is 0 Å². The van der Waals surface area contributed by atoms with Crippen LogP contribution in [0.1, 0.15) is 23.3 Å². The summed E-state index contributed by atoms with van der Waals surface area (Å²) >= 11 is 0. The summed E-state index contributed by atoms with van der Waals surface area (Å²) in [5.74, 6) is 0.339. The van der Waals surface area contributed by atoms with Crippen molar-refractivity contribution in [3.63, 3.8) is 0 Å². The lowest BCUT2D eigenvalue weighted by Crippen LogP contribution is -2.39. The maximum absolute atomic E-state index is 10.7. The molecule has 1 fully saturated rings. The Bertz CT molecular complexity index is 405. The molecule has 1 saturated heterocycles. The van der Waals surface area contributed by atoms with Crippen LogP contribution in [0.2, 0.25) is 0 Å². The predicted octanol–water partition coefficient (Wildman–Crippen LogP) is 0.611. The molecule has 2 heterocycles. The van der Waals surface area contributed by atoms with Crippen LogP contribution in [0.15, 0.2) is 12.4 Å². The van der Waals surface area contributed by atoms with E-state index in [0.29, 0.717) is 5.92 Å². The molecule has 1 unspecified atom stereocenters. The van der Waals surface area contributed by atoms with Crippen molar-refractivity contribution >= 4 is 11.8 Å². The first-order chi connectivity index (χ1) is 8.70. The van der Waals surface area contributed by atoms with Gasteiger partial charge in [-0.1, -0.05) is 0 Å². The number of rotatable bonds is 4. The Kier molecular flexibility index (Phi) is 4.09. The van der Waals surface area contributed by atoms with Crippen molar-refractivity contribution in [2.45, 2.75) is 12.8 Å². The third kappa shape index (κ3) is 2.95. The largest absolute Gasteiger partial charge is 0.476 e. The third-order valence-corrected chi connectivity index (χ3v) is 3.19. The summed E-state index contributed by atoms with van der Waals surface area (Å²) < 4.78 is 0. The number of hydrogen-bond donors (Lipinski definition) is 2. The van der Waals surface area contributed by atoms with Crippen molar-refractivity contribution in [1.29, 1.82) is 0 Å². The van der Waals surface area contributed by atoms with E-state index in [0.717, 1.165) is 31.9 Å². The molecule has 1 aromatic rings. The summed E-state index contributed by atoms with van der Waals surface area (Å²) in [5, 5.41) is 12.0. The molecule has 6 nitrogen and oxygen atoms in total. The van der Waals surface area contributed by atoms with Crippen LogP contribution >= 0.6 is 0 Å². The van der Waals surface area contributed by atoms with Gasteiger partial charge in [-0.05, 0) is 32.4 Å². The molecule has 1 aliphatic rings. The smallest absolute Gasteiger partial charge is 0.356 e. The molecule has 0 amide bonds. The van der Waals surface area contributed by atoms with Crippen LogP contribution in [0.3, 0.4) is 0 Å². The van der Waals surface area contributed by atoms with E-state index in [-0.39, 0.29) is 5.69 Å². The Balaban J connectivity index is 2.04. The van der Waals surface area contributed by atoms with Crippen molar-refractivity contribution in [3.05, 3.63) is 18.1 Å². The Hall–Kier alpha value is -1.69. The minimum atomic E-state index is -1.04. The third-order valence-electron chi connectivity index (χ3n) is 3.19. The Morgan fingerprint density at radius 1 is 1.56 bits per heavy atom. The molecule has 0 aromatic carbocycles. The van der Waals surface area contributed by atoms with E-state index in [2.05, 4.69) is 20.2 Å². The number of hydrogen-bond acceptors (Lipinski definition) is 5. The molecule has 2 rings (SSSR count). The molecular formula is C12H18N4O2. The standard InChI is InChI=1S/C12H18N4O2/c1-13-5-9-3-2-4-16(8-9)11-7-14-10(6-15-11)12(17)18/h6-7,9,13H,2-5,8H2,1H3,(H,17,18). The summed E-state index contributed by atoms with van der Waals surface area (Å²) in [7, 11) is 1.96. The quantitative estimate of drug-likeness (QED) is 0.815. The fourth-order valence-electron chi connectivity index (χ4n) is 2.32. The van der Waals surface area contributed by atoms with Crippen LogP contribution in [0, 0.1) is 5.92 Å². The van der Waals surface area contributed by atoms with Gasteiger partial charge in [-0.2, -0.15) is 0 Å². The number of aromatic carboxylic acids is 1. The Morgan fingerprint density at radius 3 is 3.00 bits per heavy atom. The van der Waals surface area contributed by atoms with Crippen LogP contribution < -0.4 is 10.2 Å². The van der Waals surface area contributed by atoms with E-state index in [4.69, 9.17) is 5.11 Å². The maximum atomic E-state index is 10.7. The van der Waals surface area contributed by atoms with Crippen molar-refractivity contribution in [2.24, 2.45) is 5.92 Å². The Labute approximate surface area is 106 Å². The van der Waals surface area contributed by atoms with Gasteiger partial charge in [-0.3, -0.25) is 0 Å². The second-order valence-corrected chi connectivity index (χ2v) is 4.58. The molecule has 1 aromatic heterocycles. The van der Waals surface area contributed by atoms with Gasteiger partial charge < -0.3 is 15.3 Å². The van der Waals surface area contributed by atoms with Gasteiger partial charge in [0.15, 0.2) is 5.69 Å². The molecule has 0 bridgehead atoms. The lowest BCUT2D eigenvalue weighted by molar-refractivity contribution is 0.0690. The van der Waals surface area contributed by atoms with Gasteiger partial charge >= 0.3 is 5.97 Å². The van der Waals surface area contributed by atoms with Gasteiger partial charge in [0.05, 0.1) is 12.4 Å². The lowest BCUT2D eigenvalue weighted by Gasteiger charge is -2.33. The zero-order valence-corrected chi connectivity index (χ0v) is 10.5. The van der Waals surface area contributed by atoms with Crippen molar-refractivity contribution in [3.8, 4) is 0 Å². The maximum Gasteiger partial charge on any atom is 0.356 e. The highest BCUT2D eigenvalue weighted by Gasteiger charge is 2.20. The highest BCUT2D eigenvalue weighted by atomic mass is 16.4. The first-order valence-electron chi connectivity index (χ1n) is 6.15. The summed E-state index contributed by atoms with van der Waals surface area (Å²) in [4.78, 5) is 21.0. The van der Waals surface area contributed by atoms with E-state index in [9.17, 15) is 4.79 Å². The van der Waals surface area contributed by atoms with E-state index in [1.165, 1.54) is 12.6 Å². The van der Waals surface area contributed by atoms with E-state index in [1.54, 1.807) is 6.20 Å². The van der Waals surface area contributed by atoms with Gasteiger partial charge in [0, 0.05) is 13.1 Å². The fourth-order valence-corrected chi connectivity index (χ4v) is 2.32. The molecule has 2 N–H and O–H groups in total. The average Bonchev–Trinajstić information content (AvgIpc) is 2.39. The van der Waals surface area contributed by atoms with Gasteiger partial charge in [0.25, 0.3) is 0 Å². The van der Waals surface area contributed by atoms with Gasteiger partial charge in [0.1, 0.15) is 5.82 Å². The number of piperidine rings is 1. The molecule has 1 atom stereocenters. The highest BCUT2D eigenvalue weighted by molar-refractivity contribution is 5.84. The van der Waals surface area contributed by atoms with Crippen molar-refractivity contribution < 1.29 is 9.90 Å². The number of nitrogens with one attached hydrogen (secondary N) is 1. The lowest BCUT2D eigenvalue weighted by atomic mass is 9.98. The first-order valence-corrected chi connectivity index (χ1v) is 6.15. The van der Waals surface area contributed by atoms with E-state index < -0.39 is 5.97 Å². The average molecular weight is 250 g/mol. The van der Waals surface area contributed by atoms with E-state index in [1.807, 2.05) is 7.05 Å². The van der Waals surface area contributed by atoms with Crippen molar-refractivity contribution in [1.82, 2.24) is 15.3 Å². The van der Waals surface area contributed by atoms with Crippen LogP contribution in [0.25, 0.3) is 0 Å². The molecule has 18 heavy (non-hydrogen) atoms. The Morgan fingerprint density at radius 2 is 2.39 bits per heavy atom. The van der Waals surface area contributed by atoms with Crippen LogP contribution in [-0.2, 0) is 0 Å². The molecular weight excluding hydrogens is 232 g/mol. The number of carbonyl (C=O) groups is 1. The monoisotopic (exact) mass is 250 g/mol. The second-order valence-electron chi connectivity index (χ2n) is 4.58. The normalized spacial score (nSPS) is 19.8. The molecule has 6 heteroatoms. The molecule has 1 aliphatic heterocycles. The minimum absolute atomic E-state index is 0.0115. The predicted molar refractivity (Wildman–Crippen MR) is 67.9 cm³/mol. The zero-order valence-electron chi connectivity index (χ0n) is 10.5. The first kappa shape index (κ1) is 12.8. The zero-order chi connectivity index (χ0) is 13.0. The number of nitrogens with zero attached hydrogens (tertiary/aromatic N) is 3. The van der Waals surface area contributed by atoms with Crippen LogP contribution in [0.4, 0.5) is 5.82 Å². The second kappa shape index (κ2) is 5.77. The summed E-state index contributed by atoms with van der Waals surface area (Å²) in [6, 6.07) is 0. The number of aromatic nitrogens is 2. The summed E-state index contributed by atoms with van der Waals surface area (Å²) in [6.07, 6.45) is 5.22. The highest BCUT2D eigenvalue weighted by Crippen LogP contribution is 2.20. The number of carboxylic acid groups (broad SMARTS) is 1. The molecule has 0 aliphatic carbocycles. The van der Waals surface area contributed by atoms with Gasteiger partial charge in [-0.25, -0.2) is 14.8 Å². The molecule has 0 radical (unpaired) electrons.